The highest BCUT2D eigenvalue weighted by molar-refractivity contribution is 7.78. The first-order valence-electron chi connectivity index (χ1n) is 4.01. The van der Waals surface area contributed by atoms with E-state index in [-0.39, 0.29) is 12.2 Å². The molecule has 0 radical (unpaired) electrons. The lowest BCUT2D eigenvalue weighted by atomic mass is 10.5. The predicted molar refractivity (Wildman–Crippen MR) is 55.3 cm³/mol. The van der Waals surface area contributed by atoms with E-state index < -0.39 is 7.34 Å². The van der Waals surface area contributed by atoms with Gasteiger partial charge in [0.1, 0.15) is 0 Å². The Morgan fingerprint density at radius 1 is 1.17 bits per heavy atom. The topological polar surface area (TPSA) is 42.3 Å². The van der Waals surface area contributed by atoms with E-state index in [1.54, 1.807) is 0 Å². The highest BCUT2D eigenvalue weighted by Gasteiger charge is 2.15. The van der Waals surface area contributed by atoms with Crippen molar-refractivity contribution in [3.8, 4) is 0 Å². The van der Waals surface area contributed by atoms with Gasteiger partial charge in [0.05, 0.1) is 18.2 Å². The average Bonchev–Trinajstić information content (AvgIpc) is 1.83. The van der Waals surface area contributed by atoms with Crippen LogP contribution in [0.2, 0.25) is 0 Å². The van der Waals surface area contributed by atoms with E-state index in [1.807, 2.05) is 27.7 Å². The Hall–Kier alpha value is -0.110. The van der Waals surface area contributed by atoms with Crippen molar-refractivity contribution in [1.29, 1.82) is 5.41 Å². The van der Waals surface area contributed by atoms with E-state index in [0.29, 0.717) is 0 Å². The van der Waals surface area contributed by atoms with Crippen molar-refractivity contribution in [3.63, 3.8) is 0 Å². The molecule has 0 saturated carbocycles. The lowest BCUT2D eigenvalue weighted by Gasteiger charge is -2.24. The summed E-state index contributed by atoms with van der Waals surface area (Å²) in [5, 5.41) is 7.16. The van der Waals surface area contributed by atoms with Crippen LogP contribution in [-0.2, 0) is 9.05 Å². The maximum atomic E-state index is 7.16. The Bertz CT molecular complexity index is 175. The molecule has 0 aliphatic carbocycles. The zero-order chi connectivity index (χ0) is 9.78. The molecule has 4 heteroatoms. The van der Waals surface area contributed by atoms with E-state index >= 15 is 0 Å². The summed E-state index contributed by atoms with van der Waals surface area (Å²) in [6.07, 6.45) is 3.90. The van der Waals surface area contributed by atoms with E-state index in [4.69, 9.17) is 14.5 Å². The van der Waals surface area contributed by atoms with Crippen LogP contribution in [0.15, 0.2) is 0 Å². The van der Waals surface area contributed by atoms with E-state index in [9.17, 15) is 0 Å². The Kier molecular flexibility index (Phi) is 4.76. The summed E-state index contributed by atoms with van der Waals surface area (Å²) in [6, 6.07) is 0. The minimum absolute atomic E-state index is 0.0520. The molecule has 1 N–H and O–H groups in total. The van der Waals surface area contributed by atoms with Crippen LogP contribution < -0.4 is 0 Å². The molecule has 0 rings (SSSR count). The van der Waals surface area contributed by atoms with Crippen LogP contribution >= 0.6 is 7.34 Å². The molecule has 0 heterocycles. The standard InChI is InChI=1S/C8H18NO2P/c1-7(2)10-12(5,6-9)11-8(3)4/h6-9H,5H2,1-4H3. The third-order valence-corrected chi connectivity index (χ3v) is 2.93. The molecule has 3 nitrogen and oxygen atoms in total. The Labute approximate surface area is 74.7 Å². The second-order valence-corrected chi connectivity index (χ2v) is 5.30. The Balaban J connectivity index is 4.25. The molecule has 0 aliphatic rings. The first kappa shape index (κ1) is 11.9. The van der Waals surface area contributed by atoms with Crippen molar-refractivity contribution in [2.45, 2.75) is 39.9 Å². The van der Waals surface area contributed by atoms with Gasteiger partial charge in [-0.05, 0) is 34.0 Å². The highest BCUT2D eigenvalue weighted by Crippen LogP contribution is 2.46. The summed E-state index contributed by atoms with van der Waals surface area (Å²) in [5.74, 6) is 1.19. The van der Waals surface area contributed by atoms with E-state index in [2.05, 4.69) is 6.30 Å². The van der Waals surface area contributed by atoms with Gasteiger partial charge in [-0.2, -0.15) is 0 Å². The molecule has 0 bridgehead atoms. The molecule has 0 aromatic heterocycles. The number of hydrogen-bond donors (Lipinski definition) is 1. The largest absolute Gasteiger partial charge is 0.331 e. The molecule has 0 unspecified atom stereocenters. The second-order valence-electron chi connectivity index (χ2n) is 3.16. The third-order valence-electron chi connectivity index (χ3n) is 0.975. The summed E-state index contributed by atoms with van der Waals surface area (Å²) < 4.78 is 10.9. The molecule has 72 valence electrons. The maximum absolute atomic E-state index is 7.16. The van der Waals surface area contributed by atoms with Gasteiger partial charge in [0, 0.05) is 0 Å². The monoisotopic (exact) mass is 191 g/mol. The first-order chi connectivity index (χ1) is 5.39. The Morgan fingerprint density at radius 2 is 1.50 bits per heavy atom. The molecular weight excluding hydrogens is 173 g/mol. The van der Waals surface area contributed by atoms with Gasteiger partial charge in [-0.3, -0.25) is 0 Å². The van der Waals surface area contributed by atoms with E-state index in [0.717, 1.165) is 0 Å². The number of nitrogens with one attached hydrogen (secondary N) is 1. The normalized spacial score (nSPS) is 12.5. The maximum Gasteiger partial charge on any atom is 0.158 e. The zero-order valence-corrected chi connectivity index (χ0v) is 9.10. The minimum Gasteiger partial charge on any atom is -0.331 e. The summed E-state index contributed by atoms with van der Waals surface area (Å²) in [6.45, 7) is 7.64. The third kappa shape index (κ3) is 4.70. The molecule has 0 aromatic carbocycles. The SMILES string of the molecule is C=P(C=N)(OC(C)C)OC(C)C. The molecule has 0 aromatic rings. The second kappa shape index (κ2) is 4.80. The van der Waals surface area contributed by atoms with Crippen LogP contribution in [0.5, 0.6) is 0 Å². The van der Waals surface area contributed by atoms with Gasteiger partial charge in [-0.25, -0.2) is 0 Å². The molecule has 0 spiro atoms. The van der Waals surface area contributed by atoms with Gasteiger partial charge in [0.2, 0.25) is 0 Å². The van der Waals surface area contributed by atoms with Crippen molar-refractivity contribution in [3.05, 3.63) is 0 Å². The first-order valence-corrected chi connectivity index (χ1v) is 5.89. The summed E-state index contributed by atoms with van der Waals surface area (Å²) in [5.41, 5.74) is 0. The molecule has 0 amide bonds. The van der Waals surface area contributed by atoms with Crippen LogP contribution in [0.25, 0.3) is 0 Å². The van der Waals surface area contributed by atoms with Crippen molar-refractivity contribution in [2.75, 3.05) is 0 Å². The molecule has 0 atom stereocenters. The smallest absolute Gasteiger partial charge is 0.158 e. The highest BCUT2D eigenvalue weighted by atomic mass is 31.2. The molecule has 12 heavy (non-hydrogen) atoms. The van der Waals surface area contributed by atoms with Crippen molar-refractivity contribution < 1.29 is 9.05 Å². The number of rotatable bonds is 5. The average molecular weight is 191 g/mol. The van der Waals surface area contributed by atoms with Crippen molar-refractivity contribution >= 4 is 19.6 Å². The summed E-state index contributed by atoms with van der Waals surface area (Å²) >= 11 is 0. The predicted octanol–water partition coefficient (Wildman–Crippen LogP) is 2.72. The van der Waals surface area contributed by atoms with Gasteiger partial charge >= 0.3 is 0 Å². The van der Waals surface area contributed by atoms with Crippen LogP contribution in [-0.4, -0.2) is 24.5 Å². The van der Waals surface area contributed by atoms with Gasteiger partial charge < -0.3 is 14.5 Å². The summed E-state index contributed by atoms with van der Waals surface area (Å²) in [7, 11) is -2.27. The van der Waals surface area contributed by atoms with E-state index in [1.165, 1.54) is 5.96 Å². The van der Waals surface area contributed by atoms with Crippen LogP contribution in [0.3, 0.4) is 0 Å². The minimum atomic E-state index is -2.27. The van der Waals surface area contributed by atoms with Crippen molar-refractivity contribution in [2.24, 2.45) is 0 Å². The molecular formula is C8H18NO2P. The fraction of sp³-hybridized carbons (Fsp3) is 0.750. The fourth-order valence-electron chi connectivity index (χ4n) is 0.799. The zero-order valence-electron chi connectivity index (χ0n) is 8.20. The van der Waals surface area contributed by atoms with Crippen LogP contribution in [0, 0.1) is 5.41 Å². The van der Waals surface area contributed by atoms with Gasteiger partial charge in [-0.1, -0.05) is 0 Å². The van der Waals surface area contributed by atoms with Gasteiger partial charge in [0.15, 0.2) is 7.34 Å². The fourth-order valence-corrected chi connectivity index (χ4v) is 2.40. The van der Waals surface area contributed by atoms with Crippen molar-refractivity contribution in [1.82, 2.24) is 0 Å². The lowest BCUT2D eigenvalue weighted by Crippen LogP contribution is -2.08. The van der Waals surface area contributed by atoms with Crippen LogP contribution in [0.1, 0.15) is 27.7 Å². The quantitative estimate of drug-likeness (QED) is 0.536. The van der Waals surface area contributed by atoms with Gasteiger partial charge in [0.25, 0.3) is 0 Å². The molecule has 0 fully saturated rings. The summed E-state index contributed by atoms with van der Waals surface area (Å²) in [4.78, 5) is 0. The number of hydrogen-bond acceptors (Lipinski definition) is 3. The molecule has 0 saturated heterocycles. The Morgan fingerprint density at radius 3 is 1.67 bits per heavy atom. The van der Waals surface area contributed by atoms with Crippen LogP contribution in [0.4, 0.5) is 0 Å². The molecule has 0 aliphatic heterocycles. The lowest BCUT2D eigenvalue weighted by molar-refractivity contribution is 0.182. The van der Waals surface area contributed by atoms with Gasteiger partial charge in [-0.15, -0.1) is 0 Å².